The van der Waals surface area contributed by atoms with E-state index in [1.54, 1.807) is 11.0 Å². The van der Waals surface area contributed by atoms with Crippen molar-refractivity contribution < 1.29 is 9.59 Å². The summed E-state index contributed by atoms with van der Waals surface area (Å²) < 4.78 is 0. The smallest absolute Gasteiger partial charge is 0.244 e. The van der Waals surface area contributed by atoms with Crippen LogP contribution in [0.1, 0.15) is 10.7 Å². The van der Waals surface area contributed by atoms with Crippen LogP contribution < -0.4 is 10.2 Å². The van der Waals surface area contributed by atoms with Crippen molar-refractivity contribution in [2.75, 3.05) is 37.6 Å². The van der Waals surface area contributed by atoms with Crippen LogP contribution in [0.5, 0.6) is 0 Å². The van der Waals surface area contributed by atoms with Gasteiger partial charge in [0.1, 0.15) is 0 Å². The molecule has 0 spiro atoms. The molecule has 1 aromatic heterocycles. The van der Waals surface area contributed by atoms with E-state index in [-0.39, 0.29) is 18.4 Å². The summed E-state index contributed by atoms with van der Waals surface area (Å²) in [6, 6.07) is 10.2. The highest BCUT2D eigenvalue weighted by Crippen LogP contribution is 2.15. The Hall–Kier alpha value is -2.67. The van der Waals surface area contributed by atoms with Gasteiger partial charge in [0.15, 0.2) is 0 Å². The van der Waals surface area contributed by atoms with Crippen molar-refractivity contribution in [1.82, 2.24) is 15.2 Å². The maximum Gasteiger partial charge on any atom is 0.244 e. The summed E-state index contributed by atoms with van der Waals surface area (Å²) in [5, 5.41) is 5.48. The number of benzene rings is 1. The van der Waals surface area contributed by atoms with E-state index < -0.39 is 0 Å². The number of rotatable bonds is 5. The molecule has 0 atom stereocenters. The molecule has 136 valence electrons. The zero-order chi connectivity index (χ0) is 18.4. The third-order valence-electron chi connectivity index (χ3n) is 4.21. The van der Waals surface area contributed by atoms with E-state index in [1.165, 1.54) is 23.1 Å². The number of para-hydroxylation sites is 1. The zero-order valence-corrected chi connectivity index (χ0v) is 15.5. The Morgan fingerprint density at radius 2 is 1.92 bits per heavy atom. The molecule has 26 heavy (non-hydrogen) atoms. The zero-order valence-electron chi connectivity index (χ0n) is 14.7. The van der Waals surface area contributed by atoms with E-state index in [0.717, 1.165) is 23.8 Å². The van der Waals surface area contributed by atoms with Gasteiger partial charge in [0, 0.05) is 43.3 Å². The van der Waals surface area contributed by atoms with Crippen LogP contribution in [0.3, 0.4) is 0 Å². The van der Waals surface area contributed by atoms with Crippen molar-refractivity contribution in [3.05, 3.63) is 52.5 Å². The van der Waals surface area contributed by atoms with Gasteiger partial charge in [0.05, 0.1) is 17.2 Å². The quantitative estimate of drug-likeness (QED) is 0.817. The molecule has 1 saturated heterocycles. The van der Waals surface area contributed by atoms with Crippen molar-refractivity contribution in [3.63, 3.8) is 0 Å². The van der Waals surface area contributed by atoms with Crippen LogP contribution >= 0.6 is 11.3 Å². The standard InChI is InChI=1S/C19H22N4O2S/c1-15-21-16(14-26-15)7-8-18(24)20-13-19(25)23-11-9-22(10-12-23)17-5-3-2-4-6-17/h2-8,14H,9-13H2,1H3,(H,20,24). The van der Waals surface area contributed by atoms with Gasteiger partial charge in [0.25, 0.3) is 0 Å². The Morgan fingerprint density at radius 1 is 1.19 bits per heavy atom. The highest BCUT2D eigenvalue weighted by molar-refractivity contribution is 7.09. The molecule has 0 radical (unpaired) electrons. The second kappa shape index (κ2) is 8.62. The van der Waals surface area contributed by atoms with Crippen LogP contribution in [0, 0.1) is 6.92 Å². The van der Waals surface area contributed by atoms with Crippen molar-refractivity contribution in [2.45, 2.75) is 6.92 Å². The summed E-state index contributed by atoms with van der Waals surface area (Å²) in [5.41, 5.74) is 1.93. The lowest BCUT2D eigenvalue weighted by Gasteiger charge is -2.36. The first-order valence-corrected chi connectivity index (χ1v) is 9.45. The second-order valence-corrected chi connectivity index (χ2v) is 7.11. The van der Waals surface area contributed by atoms with Crippen LogP contribution in [0.2, 0.25) is 0 Å². The maximum absolute atomic E-state index is 12.3. The number of amides is 2. The average Bonchev–Trinajstić information content (AvgIpc) is 3.10. The molecule has 0 saturated carbocycles. The van der Waals surface area contributed by atoms with Gasteiger partial charge >= 0.3 is 0 Å². The van der Waals surface area contributed by atoms with Gasteiger partial charge < -0.3 is 15.1 Å². The molecule has 2 aromatic rings. The Balaban J connectivity index is 1.41. The third-order valence-corrected chi connectivity index (χ3v) is 5.00. The van der Waals surface area contributed by atoms with E-state index in [1.807, 2.05) is 30.5 Å². The number of nitrogens with one attached hydrogen (secondary N) is 1. The van der Waals surface area contributed by atoms with Gasteiger partial charge in [-0.05, 0) is 25.1 Å². The first-order chi connectivity index (χ1) is 12.6. The summed E-state index contributed by atoms with van der Waals surface area (Å²) in [6.07, 6.45) is 3.07. The molecule has 1 fully saturated rings. The number of anilines is 1. The summed E-state index contributed by atoms with van der Waals surface area (Å²) >= 11 is 1.53. The van der Waals surface area contributed by atoms with Crippen LogP contribution in [0.4, 0.5) is 5.69 Å². The van der Waals surface area contributed by atoms with E-state index in [0.29, 0.717) is 13.1 Å². The largest absolute Gasteiger partial charge is 0.368 e. The van der Waals surface area contributed by atoms with Crippen molar-refractivity contribution in [2.24, 2.45) is 0 Å². The molecule has 2 heterocycles. The summed E-state index contributed by atoms with van der Waals surface area (Å²) in [5.74, 6) is -0.337. The van der Waals surface area contributed by atoms with Crippen molar-refractivity contribution in [3.8, 4) is 0 Å². The molecule has 1 aliphatic rings. The van der Waals surface area contributed by atoms with Gasteiger partial charge in [-0.25, -0.2) is 4.98 Å². The lowest BCUT2D eigenvalue weighted by Crippen LogP contribution is -2.51. The normalized spacial score (nSPS) is 14.7. The molecule has 0 unspecified atom stereocenters. The molecule has 2 amide bonds. The maximum atomic E-state index is 12.3. The highest BCUT2D eigenvalue weighted by Gasteiger charge is 2.21. The first-order valence-electron chi connectivity index (χ1n) is 8.57. The van der Waals surface area contributed by atoms with Crippen LogP contribution in [0.15, 0.2) is 41.8 Å². The van der Waals surface area contributed by atoms with Crippen LogP contribution in [0.25, 0.3) is 6.08 Å². The summed E-state index contributed by atoms with van der Waals surface area (Å²) in [7, 11) is 0. The van der Waals surface area contributed by atoms with Gasteiger partial charge in [-0.1, -0.05) is 18.2 Å². The number of thiazole rings is 1. The number of aromatic nitrogens is 1. The predicted molar refractivity (Wildman–Crippen MR) is 104 cm³/mol. The van der Waals surface area contributed by atoms with Crippen LogP contribution in [-0.2, 0) is 9.59 Å². The van der Waals surface area contributed by atoms with E-state index >= 15 is 0 Å². The predicted octanol–water partition coefficient (Wildman–Crippen LogP) is 1.93. The lowest BCUT2D eigenvalue weighted by atomic mass is 10.2. The second-order valence-electron chi connectivity index (χ2n) is 6.05. The van der Waals surface area contributed by atoms with Crippen molar-refractivity contribution >= 4 is 34.9 Å². The monoisotopic (exact) mass is 370 g/mol. The van der Waals surface area contributed by atoms with Gasteiger partial charge in [0.2, 0.25) is 11.8 Å². The number of piperazine rings is 1. The Kier molecular flexibility index (Phi) is 6.01. The van der Waals surface area contributed by atoms with E-state index in [9.17, 15) is 9.59 Å². The molecular formula is C19H22N4O2S. The number of hydrogen-bond acceptors (Lipinski definition) is 5. The number of carbonyl (C=O) groups is 2. The SMILES string of the molecule is Cc1nc(C=CC(=O)NCC(=O)N2CCN(c3ccccc3)CC2)cs1. The molecular weight excluding hydrogens is 348 g/mol. The van der Waals surface area contributed by atoms with Crippen LogP contribution in [-0.4, -0.2) is 54.4 Å². The minimum Gasteiger partial charge on any atom is -0.368 e. The molecule has 1 aromatic carbocycles. The van der Waals surface area contributed by atoms with E-state index in [4.69, 9.17) is 0 Å². The molecule has 3 rings (SSSR count). The fourth-order valence-corrected chi connectivity index (χ4v) is 3.38. The molecule has 1 aliphatic heterocycles. The minimum atomic E-state index is -0.285. The lowest BCUT2D eigenvalue weighted by molar-refractivity contribution is -0.132. The highest BCUT2D eigenvalue weighted by atomic mass is 32.1. The summed E-state index contributed by atoms with van der Waals surface area (Å²) in [6.45, 7) is 4.86. The summed E-state index contributed by atoms with van der Waals surface area (Å²) in [4.78, 5) is 32.4. The molecule has 0 aliphatic carbocycles. The third kappa shape index (κ3) is 4.92. The average molecular weight is 370 g/mol. The number of carbonyl (C=O) groups excluding carboxylic acids is 2. The van der Waals surface area contributed by atoms with Crippen molar-refractivity contribution in [1.29, 1.82) is 0 Å². The fourth-order valence-electron chi connectivity index (χ4n) is 2.80. The minimum absolute atomic E-state index is 0.0185. The molecule has 7 heteroatoms. The Labute approximate surface area is 157 Å². The van der Waals surface area contributed by atoms with Gasteiger partial charge in [-0.2, -0.15) is 0 Å². The fraction of sp³-hybridized carbons (Fsp3) is 0.316. The molecule has 1 N–H and O–H groups in total. The van der Waals surface area contributed by atoms with E-state index in [2.05, 4.69) is 27.3 Å². The molecule has 0 bridgehead atoms. The Morgan fingerprint density at radius 3 is 2.58 bits per heavy atom. The number of aryl methyl sites for hydroxylation is 1. The van der Waals surface area contributed by atoms with Gasteiger partial charge in [-0.3, -0.25) is 9.59 Å². The first kappa shape index (κ1) is 18.1. The van der Waals surface area contributed by atoms with Gasteiger partial charge in [-0.15, -0.1) is 11.3 Å². The number of nitrogens with zero attached hydrogens (tertiary/aromatic N) is 3. The molecule has 6 nitrogen and oxygen atoms in total. The topological polar surface area (TPSA) is 65.5 Å². The number of hydrogen-bond donors (Lipinski definition) is 1. The Bertz CT molecular complexity index is 780.